The summed E-state index contributed by atoms with van der Waals surface area (Å²) in [5.41, 5.74) is 0.988. The highest BCUT2D eigenvalue weighted by atomic mass is 16.6. The van der Waals surface area contributed by atoms with Crippen LogP contribution in [0.3, 0.4) is 0 Å². The van der Waals surface area contributed by atoms with E-state index in [2.05, 4.69) is 10.6 Å². The van der Waals surface area contributed by atoms with Gasteiger partial charge in [0.2, 0.25) is 5.91 Å². The third kappa shape index (κ3) is 3.32. The van der Waals surface area contributed by atoms with Crippen molar-refractivity contribution in [1.82, 2.24) is 0 Å². The van der Waals surface area contributed by atoms with E-state index < -0.39 is 22.8 Å². The molecule has 122 valence electrons. The Balaban J connectivity index is 1.63. The number of nitrogens with one attached hydrogen (secondary N) is 2. The molecule has 0 fully saturated rings. The second-order valence-corrected chi connectivity index (χ2v) is 5.17. The van der Waals surface area contributed by atoms with E-state index in [9.17, 15) is 19.7 Å². The molecule has 1 heterocycles. The molecule has 0 saturated heterocycles. The van der Waals surface area contributed by atoms with Gasteiger partial charge in [0.05, 0.1) is 17.0 Å². The number of rotatable bonds is 4. The number of anilines is 2. The zero-order valence-electron chi connectivity index (χ0n) is 12.4. The van der Waals surface area contributed by atoms with E-state index in [1.807, 2.05) is 0 Å². The number of nitrogens with zero attached hydrogens (tertiary/aromatic N) is 1. The summed E-state index contributed by atoms with van der Waals surface area (Å²) in [4.78, 5) is 34.1. The fraction of sp³-hybridized carbons (Fsp3) is 0.125. The van der Waals surface area contributed by atoms with Gasteiger partial charge < -0.3 is 15.4 Å². The minimum absolute atomic E-state index is 0.0675. The molecule has 0 radical (unpaired) electrons. The van der Waals surface area contributed by atoms with Crippen LogP contribution in [0.2, 0.25) is 0 Å². The maximum Gasteiger partial charge on any atom is 0.334 e. The van der Waals surface area contributed by atoms with Crippen LogP contribution in [0.15, 0.2) is 48.5 Å². The van der Waals surface area contributed by atoms with Crippen molar-refractivity contribution >= 4 is 28.9 Å². The molecule has 2 N–H and O–H groups in total. The molecule has 1 amide bonds. The molecule has 0 unspecified atom stereocenters. The molecule has 0 saturated carbocycles. The normalized spacial score (nSPS) is 15.7. The van der Waals surface area contributed by atoms with Gasteiger partial charge in [-0.1, -0.05) is 12.1 Å². The average Bonchev–Trinajstić information content (AvgIpc) is 2.56. The number of non-ortho nitro benzene ring substituents is 1. The van der Waals surface area contributed by atoms with Crippen molar-refractivity contribution in [2.24, 2.45) is 0 Å². The van der Waals surface area contributed by atoms with Crippen LogP contribution in [0.25, 0.3) is 0 Å². The van der Waals surface area contributed by atoms with Gasteiger partial charge in [0.15, 0.2) is 5.75 Å². The predicted octanol–water partition coefficient (Wildman–Crippen LogP) is 2.32. The molecule has 2 aromatic rings. The van der Waals surface area contributed by atoms with Gasteiger partial charge in [-0.2, -0.15) is 0 Å². The molecule has 8 nitrogen and oxygen atoms in total. The summed E-state index contributed by atoms with van der Waals surface area (Å²) in [6.07, 6.45) is -0.121. The largest absolute Gasteiger partial charge is 0.423 e. The number of nitro benzene ring substituents is 1. The number of nitro groups is 1. The molecule has 0 aliphatic carbocycles. The molecule has 8 heteroatoms. The molecular formula is C16H13N3O5. The fourth-order valence-electron chi connectivity index (χ4n) is 2.30. The number of hydrogen-bond donors (Lipinski definition) is 2. The molecule has 0 bridgehead atoms. The molecule has 0 aromatic heterocycles. The van der Waals surface area contributed by atoms with Crippen molar-refractivity contribution in [2.75, 3.05) is 10.6 Å². The molecule has 24 heavy (non-hydrogen) atoms. The topological polar surface area (TPSA) is 111 Å². The quantitative estimate of drug-likeness (QED) is 0.386. The molecule has 1 aliphatic heterocycles. The molecule has 0 spiro atoms. The third-order valence-corrected chi connectivity index (χ3v) is 3.46. The minimum atomic E-state index is -0.794. The standard InChI is InChI=1S/C16H13N3O5/c20-15(17-10-5-7-11(8-6-10)19(22)23)9-13-16(21)24-14-4-2-1-3-12(14)18-13/h1-8,13,18H,9H2,(H,17,20)/t13-/m1/s1. The predicted molar refractivity (Wildman–Crippen MR) is 85.8 cm³/mol. The van der Waals surface area contributed by atoms with Gasteiger partial charge in [-0.05, 0) is 24.3 Å². The van der Waals surface area contributed by atoms with Crippen molar-refractivity contribution in [3.63, 3.8) is 0 Å². The summed E-state index contributed by atoms with van der Waals surface area (Å²) in [6, 6.07) is 11.6. The van der Waals surface area contributed by atoms with Crippen LogP contribution in [0.1, 0.15) is 6.42 Å². The van der Waals surface area contributed by atoms with Gasteiger partial charge in [-0.3, -0.25) is 14.9 Å². The number of para-hydroxylation sites is 2. The second kappa shape index (κ2) is 6.37. The summed E-state index contributed by atoms with van der Waals surface area (Å²) in [7, 11) is 0. The first-order chi connectivity index (χ1) is 11.5. The number of fused-ring (bicyclic) bond motifs is 1. The number of ether oxygens (including phenoxy) is 1. The van der Waals surface area contributed by atoms with E-state index in [-0.39, 0.29) is 12.1 Å². The molecule has 1 atom stereocenters. The van der Waals surface area contributed by atoms with Gasteiger partial charge in [0, 0.05) is 17.8 Å². The smallest absolute Gasteiger partial charge is 0.334 e. The van der Waals surface area contributed by atoms with E-state index >= 15 is 0 Å². The lowest BCUT2D eigenvalue weighted by molar-refractivity contribution is -0.384. The van der Waals surface area contributed by atoms with Crippen LogP contribution >= 0.6 is 0 Å². The van der Waals surface area contributed by atoms with Crippen molar-refractivity contribution < 1.29 is 19.2 Å². The van der Waals surface area contributed by atoms with Crippen LogP contribution in [-0.2, 0) is 9.59 Å². The van der Waals surface area contributed by atoms with E-state index in [1.165, 1.54) is 24.3 Å². The monoisotopic (exact) mass is 327 g/mol. The number of carbonyl (C=O) groups is 2. The highest BCUT2D eigenvalue weighted by Gasteiger charge is 2.29. The number of amides is 1. The summed E-state index contributed by atoms with van der Waals surface area (Å²) >= 11 is 0. The first kappa shape index (κ1) is 15.5. The summed E-state index contributed by atoms with van der Waals surface area (Å²) < 4.78 is 5.18. The zero-order chi connectivity index (χ0) is 17.1. The van der Waals surface area contributed by atoms with Gasteiger partial charge in [-0.25, -0.2) is 4.79 Å². The highest BCUT2D eigenvalue weighted by molar-refractivity contribution is 5.97. The summed E-state index contributed by atoms with van der Waals surface area (Å²) in [6.45, 7) is 0. The van der Waals surface area contributed by atoms with E-state index in [4.69, 9.17) is 4.74 Å². The van der Waals surface area contributed by atoms with Crippen LogP contribution in [0.5, 0.6) is 5.75 Å². The number of hydrogen-bond acceptors (Lipinski definition) is 6. The Morgan fingerprint density at radius 1 is 1.21 bits per heavy atom. The SMILES string of the molecule is O=C(C[C@H]1Nc2ccccc2OC1=O)Nc1ccc([N+](=O)[O-])cc1. The molecule has 1 aliphatic rings. The Morgan fingerprint density at radius 3 is 2.62 bits per heavy atom. The Morgan fingerprint density at radius 2 is 1.92 bits per heavy atom. The second-order valence-electron chi connectivity index (χ2n) is 5.17. The zero-order valence-corrected chi connectivity index (χ0v) is 12.4. The van der Waals surface area contributed by atoms with Crippen LogP contribution < -0.4 is 15.4 Å². The van der Waals surface area contributed by atoms with Gasteiger partial charge in [0.1, 0.15) is 6.04 Å². The summed E-state index contributed by atoms with van der Waals surface area (Å²) in [5, 5.41) is 16.1. The molecule has 3 rings (SSSR count). The minimum Gasteiger partial charge on any atom is -0.423 e. The Hall–Kier alpha value is -3.42. The highest BCUT2D eigenvalue weighted by Crippen LogP contribution is 2.29. The lowest BCUT2D eigenvalue weighted by atomic mass is 10.1. The molecule has 2 aromatic carbocycles. The Kier molecular flexibility index (Phi) is 4.11. The number of carbonyl (C=O) groups excluding carboxylic acids is 2. The first-order valence-electron chi connectivity index (χ1n) is 7.14. The first-order valence-corrected chi connectivity index (χ1v) is 7.14. The van der Waals surface area contributed by atoms with Crippen LogP contribution in [0.4, 0.5) is 17.1 Å². The van der Waals surface area contributed by atoms with Crippen molar-refractivity contribution in [1.29, 1.82) is 0 Å². The van der Waals surface area contributed by atoms with Crippen molar-refractivity contribution in [3.8, 4) is 5.75 Å². The average molecular weight is 327 g/mol. The van der Waals surface area contributed by atoms with Crippen molar-refractivity contribution in [3.05, 3.63) is 58.6 Å². The van der Waals surface area contributed by atoms with Crippen LogP contribution in [0, 0.1) is 10.1 Å². The fourth-order valence-corrected chi connectivity index (χ4v) is 2.30. The Labute approximate surface area is 136 Å². The maximum atomic E-state index is 12.1. The third-order valence-electron chi connectivity index (χ3n) is 3.46. The van der Waals surface area contributed by atoms with E-state index in [0.29, 0.717) is 17.1 Å². The lowest BCUT2D eigenvalue weighted by Gasteiger charge is -2.24. The Bertz CT molecular complexity index is 804. The van der Waals surface area contributed by atoms with E-state index in [0.717, 1.165) is 0 Å². The number of esters is 1. The maximum absolute atomic E-state index is 12.1. The van der Waals surface area contributed by atoms with Gasteiger partial charge in [0.25, 0.3) is 5.69 Å². The van der Waals surface area contributed by atoms with E-state index in [1.54, 1.807) is 24.3 Å². The number of benzene rings is 2. The van der Waals surface area contributed by atoms with Crippen LogP contribution in [-0.4, -0.2) is 22.8 Å². The lowest BCUT2D eigenvalue weighted by Crippen LogP contribution is -2.39. The van der Waals surface area contributed by atoms with Gasteiger partial charge in [-0.15, -0.1) is 0 Å². The summed E-state index contributed by atoms with van der Waals surface area (Å²) in [5.74, 6) is -0.514. The van der Waals surface area contributed by atoms with Gasteiger partial charge >= 0.3 is 5.97 Å². The van der Waals surface area contributed by atoms with Crippen molar-refractivity contribution in [2.45, 2.75) is 12.5 Å². The molecular weight excluding hydrogens is 314 g/mol.